The van der Waals surface area contributed by atoms with Gasteiger partial charge in [0.2, 0.25) is 0 Å². The van der Waals surface area contributed by atoms with E-state index in [0.29, 0.717) is 16.2 Å². The molecule has 0 aliphatic carbocycles. The average Bonchev–Trinajstić information content (AvgIpc) is 2.29. The summed E-state index contributed by atoms with van der Waals surface area (Å²) in [5, 5.41) is 19.7. The molecule has 1 atom stereocenters. The summed E-state index contributed by atoms with van der Waals surface area (Å²) in [7, 11) is 0. The van der Waals surface area contributed by atoms with Crippen LogP contribution in [-0.4, -0.2) is 22.4 Å². The Bertz CT molecular complexity index is 425. The van der Waals surface area contributed by atoms with E-state index in [9.17, 15) is 14.5 Å². The molecule has 0 aliphatic heterocycles. The number of nitrogens with zero attached hydrogens (tertiary/aromatic N) is 1. The molecule has 0 radical (unpaired) electrons. The van der Waals surface area contributed by atoms with Crippen LogP contribution in [0.1, 0.15) is 12.5 Å². The molecule has 0 fully saturated rings. The maximum absolute atomic E-state index is 13.2. The van der Waals surface area contributed by atoms with E-state index in [0.717, 1.165) is 6.07 Å². The van der Waals surface area contributed by atoms with Crippen molar-refractivity contribution in [3.63, 3.8) is 0 Å². The molecule has 4 nitrogen and oxygen atoms in total. The summed E-state index contributed by atoms with van der Waals surface area (Å²) < 4.78 is 13.2. The van der Waals surface area contributed by atoms with Gasteiger partial charge in [-0.2, -0.15) is 0 Å². The number of hydrogen-bond donors (Lipinski definition) is 1. The number of thioether (sulfide) groups is 1. The fourth-order valence-electron chi connectivity index (χ4n) is 1.19. The van der Waals surface area contributed by atoms with Gasteiger partial charge >= 0.3 is 0 Å². The third-order valence-electron chi connectivity index (χ3n) is 2.27. The van der Waals surface area contributed by atoms with Crippen LogP contribution < -0.4 is 0 Å². The van der Waals surface area contributed by atoms with Gasteiger partial charge in [-0.15, -0.1) is 11.8 Å². The molecule has 6 heteroatoms. The van der Waals surface area contributed by atoms with Crippen LogP contribution in [0.4, 0.5) is 10.1 Å². The standard InChI is InChI=1S/C11H14FNO3S/c1-7(5-14)6-17-11-3-8(2)9(12)4-10(11)13(15)16/h3-4,7,14H,5-6H2,1-2H3. The van der Waals surface area contributed by atoms with Crippen LogP contribution in [0.3, 0.4) is 0 Å². The SMILES string of the molecule is Cc1cc(SCC(C)CO)c([N+](=O)[O-])cc1F. The highest BCUT2D eigenvalue weighted by atomic mass is 32.2. The Balaban J connectivity index is 2.96. The highest BCUT2D eigenvalue weighted by molar-refractivity contribution is 7.99. The van der Waals surface area contributed by atoms with Gasteiger partial charge in [-0.1, -0.05) is 6.92 Å². The quantitative estimate of drug-likeness (QED) is 0.501. The van der Waals surface area contributed by atoms with Crippen molar-refractivity contribution < 1.29 is 14.4 Å². The van der Waals surface area contributed by atoms with Crippen molar-refractivity contribution in [1.29, 1.82) is 0 Å². The first-order chi connectivity index (χ1) is 7.95. The lowest BCUT2D eigenvalue weighted by Crippen LogP contribution is -2.04. The zero-order chi connectivity index (χ0) is 13.0. The third kappa shape index (κ3) is 3.67. The summed E-state index contributed by atoms with van der Waals surface area (Å²) in [5.74, 6) is 0.0313. The van der Waals surface area contributed by atoms with E-state index in [1.54, 1.807) is 6.92 Å². The summed E-state index contributed by atoms with van der Waals surface area (Å²) in [6, 6.07) is 2.42. The highest BCUT2D eigenvalue weighted by Gasteiger charge is 2.17. The Morgan fingerprint density at radius 2 is 2.24 bits per heavy atom. The van der Waals surface area contributed by atoms with E-state index < -0.39 is 10.7 Å². The summed E-state index contributed by atoms with van der Waals surface area (Å²) >= 11 is 1.26. The molecule has 1 aromatic rings. The number of halogens is 1. The molecule has 0 spiro atoms. The normalized spacial score (nSPS) is 12.5. The van der Waals surface area contributed by atoms with E-state index in [-0.39, 0.29) is 18.2 Å². The number of rotatable bonds is 5. The minimum Gasteiger partial charge on any atom is -0.396 e. The Kier molecular flexibility index (Phi) is 4.89. The molecule has 0 saturated heterocycles. The van der Waals surface area contributed by atoms with Crippen molar-refractivity contribution in [2.75, 3.05) is 12.4 Å². The second-order valence-corrected chi connectivity index (χ2v) is 4.99. The minimum atomic E-state index is -0.589. The van der Waals surface area contributed by atoms with Gasteiger partial charge in [-0.25, -0.2) is 4.39 Å². The number of aliphatic hydroxyl groups is 1. The molecule has 17 heavy (non-hydrogen) atoms. The number of aliphatic hydroxyl groups excluding tert-OH is 1. The summed E-state index contributed by atoms with van der Waals surface area (Å²) in [4.78, 5) is 10.6. The van der Waals surface area contributed by atoms with Crippen LogP contribution in [0, 0.1) is 28.8 Å². The first-order valence-electron chi connectivity index (χ1n) is 5.14. The van der Waals surface area contributed by atoms with E-state index in [1.165, 1.54) is 17.8 Å². The molecule has 0 amide bonds. The fourth-order valence-corrected chi connectivity index (χ4v) is 2.30. The molecule has 0 aliphatic rings. The van der Waals surface area contributed by atoms with E-state index in [2.05, 4.69) is 0 Å². The molecule has 1 aromatic carbocycles. The van der Waals surface area contributed by atoms with E-state index in [4.69, 9.17) is 5.11 Å². The lowest BCUT2D eigenvalue weighted by Gasteiger charge is -2.08. The molecule has 0 aromatic heterocycles. The summed E-state index contributed by atoms with van der Waals surface area (Å²) in [6.07, 6.45) is 0. The van der Waals surface area contributed by atoms with Crippen LogP contribution in [0.15, 0.2) is 17.0 Å². The van der Waals surface area contributed by atoms with Crippen molar-refractivity contribution in [2.24, 2.45) is 5.92 Å². The van der Waals surface area contributed by atoms with E-state index >= 15 is 0 Å². The van der Waals surface area contributed by atoms with Gasteiger partial charge in [0, 0.05) is 12.4 Å². The van der Waals surface area contributed by atoms with Crippen LogP contribution in [0.5, 0.6) is 0 Å². The van der Waals surface area contributed by atoms with Crippen LogP contribution in [0.25, 0.3) is 0 Å². The lowest BCUT2D eigenvalue weighted by molar-refractivity contribution is -0.387. The zero-order valence-corrected chi connectivity index (χ0v) is 10.5. The molecule has 94 valence electrons. The molecule has 1 rings (SSSR count). The maximum Gasteiger partial charge on any atom is 0.285 e. The van der Waals surface area contributed by atoms with Crippen molar-refractivity contribution in [2.45, 2.75) is 18.7 Å². The van der Waals surface area contributed by atoms with Crippen LogP contribution in [-0.2, 0) is 0 Å². The average molecular weight is 259 g/mol. The van der Waals surface area contributed by atoms with Crippen LogP contribution >= 0.6 is 11.8 Å². The Morgan fingerprint density at radius 1 is 1.59 bits per heavy atom. The van der Waals surface area contributed by atoms with Gasteiger partial charge < -0.3 is 5.11 Å². The summed E-state index contributed by atoms with van der Waals surface area (Å²) in [6.45, 7) is 3.44. The Labute approximate surface area is 103 Å². The van der Waals surface area contributed by atoms with Crippen molar-refractivity contribution in [1.82, 2.24) is 0 Å². The predicted octanol–water partition coefficient (Wildman–Crippen LogP) is 2.76. The molecule has 1 unspecified atom stereocenters. The van der Waals surface area contributed by atoms with E-state index in [1.807, 2.05) is 6.92 Å². The van der Waals surface area contributed by atoms with Gasteiger partial charge in [-0.05, 0) is 24.5 Å². The van der Waals surface area contributed by atoms with Crippen molar-refractivity contribution >= 4 is 17.4 Å². The third-order valence-corrected chi connectivity index (χ3v) is 3.65. The number of nitro benzene ring substituents is 1. The van der Waals surface area contributed by atoms with Crippen molar-refractivity contribution in [3.05, 3.63) is 33.6 Å². The van der Waals surface area contributed by atoms with Gasteiger partial charge in [0.15, 0.2) is 0 Å². The maximum atomic E-state index is 13.2. The second kappa shape index (κ2) is 5.97. The first kappa shape index (κ1) is 13.9. The zero-order valence-electron chi connectivity index (χ0n) is 9.64. The Morgan fingerprint density at radius 3 is 2.76 bits per heavy atom. The molecule has 0 bridgehead atoms. The monoisotopic (exact) mass is 259 g/mol. The van der Waals surface area contributed by atoms with Gasteiger partial charge in [-0.3, -0.25) is 10.1 Å². The van der Waals surface area contributed by atoms with Gasteiger partial charge in [0.25, 0.3) is 5.69 Å². The molecule has 0 saturated carbocycles. The largest absolute Gasteiger partial charge is 0.396 e. The van der Waals surface area contributed by atoms with Crippen molar-refractivity contribution in [3.8, 4) is 0 Å². The van der Waals surface area contributed by atoms with Gasteiger partial charge in [0.1, 0.15) is 5.82 Å². The minimum absolute atomic E-state index is 0.0287. The summed E-state index contributed by atoms with van der Waals surface area (Å²) in [5.41, 5.74) is 0.165. The number of hydrogen-bond acceptors (Lipinski definition) is 4. The second-order valence-electron chi connectivity index (χ2n) is 3.92. The predicted molar refractivity (Wildman–Crippen MR) is 64.8 cm³/mol. The van der Waals surface area contributed by atoms with Crippen LogP contribution in [0.2, 0.25) is 0 Å². The smallest absolute Gasteiger partial charge is 0.285 e. The molecular formula is C11H14FNO3S. The topological polar surface area (TPSA) is 63.4 Å². The molecule has 1 N–H and O–H groups in total. The fraction of sp³-hybridized carbons (Fsp3) is 0.455. The van der Waals surface area contributed by atoms with Gasteiger partial charge in [0.05, 0.1) is 15.9 Å². The molecular weight excluding hydrogens is 245 g/mol. The highest BCUT2D eigenvalue weighted by Crippen LogP contribution is 2.32. The Hall–Kier alpha value is -1.14. The number of nitro groups is 1. The molecule has 0 heterocycles. The number of benzene rings is 1. The first-order valence-corrected chi connectivity index (χ1v) is 6.12. The lowest BCUT2D eigenvalue weighted by atomic mass is 10.2. The number of aryl methyl sites for hydroxylation is 1.